The predicted octanol–water partition coefficient (Wildman–Crippen LogP) is 0.772. The van der Waals surface area contributed by atoms with Crippen molar-refractivity contribution in [1.29, 1.82) is 0 Å². The average Bonchev–Trinajstić information content (AvgIpc) is 2.78. The lowest BCUT2D eigenvalue weighted by Crippen LogP contribution is -2.29. The molecule has 1 aliphatic heterocycles. The van der Waals surface area contributed by atoms with Crippen LogP contribution < -0.4 is 5.73 Å². The van der Waals surface area contributed by atoms with Gasteiger partial charge in [0.1, 0.15) is 5.82 Å². The number of hydrogen-bond donors (Lipinski definition) is 1. The summed E-state index contributed by atoms with van der Waals surface area (Å²) in [5.74, 6) is 0.905. The first kappa shape index (κ1) is 11.9. The molecule has 1 aromatic heterocycles. The summed E-state index contributed by atoms with van der Waals surface area (Å²) < 4.78 is 5.11. The average molecular weight is 235 g/mol. The molecule has 1 aliphatic rings. The summed E-state index contributed by atoms with van der Waals surface area (Å²) in [4.78, 5) is 17.9. The van der Waals surface area contributed by atoms with E-state index in [0.29, 0.717) is 23.9 Å². The molecular weight excluding hydrogens is 218 g/mol. The Morgan fingerprint density at radius 1 is 1.65 bits per heavy atom. The van der Waals surface area contributed by atoms with E-state index >= 15 is 0 Å². The van der Waals surface area contributed by atoms with Crippen molar-refractivity contribution < 1.29 is 9.53 Å². The summed E-state index contributed by atoms with van der Waals surface area (Å²) in [6.45, 7) is 2.26. The van der Waals surface area contributed by atoms with Gasteiger partial charge in [-0.1, -0.05) is 0 Å². The first-order valence-electron chi connectivity index (χ1n) is 5.70. The van der Waals surface area contributed by atoms with Crippen molar-refractivity contribution in [3.05, 3.63) is 23.9 Å². The minimum atomic E-state index is 0.0242. The van der Waals surface area contributed by atoms with Crippen LogP contribution in [0.5, 0.6) is 0 Å². The van der Waals surface area contributed by atoms with E-state index in [2.05, 4.69) is 4.98 Å². The van der Waals surface area contributed by atoms with Crippen molar-refractivity contribution in [2.24, 2.45) is 5.92 Å². The molecule has 0 spiro atoms. The number of hydrogen-bond acceptors (Lipinski definition) is 4. The van der Waals surface area contributed by atoms with Gasteiger partial charge < -0.3 is 15.4 Å². The Balaban J connectivity index is 1.99. The van der Waals surface area contributed by atoms with Crippen molar-refractivity contribution in [2.45, 2.75) is 6.42 Å². The van der Waals surface area contributed by atoms with Crippen LogP contribution in [0.4, 0.5) is 5.82 Å². The maximum absolute atomic E-state index is 12.1. The second kappa shape index (κ2) is 5.14. The van der Waals surface area contributed by atoms with Crippen LogP contribution in [0, 0.1) is 5.92 Å². The number of carbonyl (C=O) groups excluding carboxylic acids is 1. The Bertz CT molecular complexity index is 391. The zero-order valence-corrected chi connectivity index (χ0v) is 9.93. The topological polar surface area (TPSA) is 68.5 Å². The third-order valence-electron chi connectivity index (χ3n) is 3.01. The molecule has 0 saturated carbocycles. The van der Waals surface area contributed by atoms with Crippen LogP contribution in [-0.2, 0) is 4.74 Å². The van der Waals surface area contributed by atoms with Crippen molar-refractivity contribution in [1.82, 2.24) is 9.88 Å². The number of carbonyl (C=O) groups is 1. The Kier molecular flexibility index (Phi) is 3.58. The van der Waals surface area contributed by atoms with E-state index in [4.69, 9.17) is 10.5 Å². The lowest BCUT2D eigenvalue weighted by Gasteiger charge is -2.16. The summed E-state index contributed by atoms with van der Waals surface area (Å²) in [5.41, 5.74) is 6.08. The Morgan fingerprint density at radius 3 is 3.12 bits per heavy atom. The van der Waals surface area contributed by atoms with Crippen LogP contribution in [0.1, 0.15) is 16.8 Å². The number of nitrogens with zero attached hydrogens (tertiary/aromatic N) is 2. The predicted molar refractivity (Wildman–Crippen MR) is 64.5 cm³/mol. The van der Waals surface area contributed by atoms with E-state index in [1.165, 1.54) is 6.20 Å². The zero-order chi connectivity index (χ0) is 12.3. The van der Waals surface area contributed by atoms with Gasteiger partial charge in [0.2, 0.25) is 0 Å². The van der Waals surface area contributed by atoms with Gasteiger partial charge in [-0.05, 0) is 18.6 Å². The number of ether oxygens (including phenoxy) is 1. The van der Waals surface area contributed by atoms with Crippen LogP contribution in [0.2, 0.25) is 0 Å². The number of pyridine rings is 1. The van der Waals surface area contributed by atoms with Gasteiger partial charge in [-0.15, -0.1) is 0 Å². The lowest BCUT2D eigenvalue weighted by molar-refractivity contribution is 0.0775. The highest BCUT2D eigenvalue weighted by Crippen LogP contribution is 2.18. The second-order valence-electron chi connectivity index (χ2n) is 4.33. The molecule has 0 bridgehead atoms. The van der Waals surface area contributed by atoms with E-state index in [1.54, 1.807) is 19.2 Å². The molecule has 2 N–H and O–H groups in total. The maximum atomic E-state index is 12.1. The van der Waals surface area contributed by atoms with Gasteiger partial charge in [-0.25, -0.2) is 4.98 Å². The van der Waals surface area contributed by atoms with Gasteiger partial charge in [0.05, 0.1) is 12.2 Å². The van der Waals surface area contributed by atoms with Gasteiger partial charge in [0, 0.05) is 32.3 Å². The van der Waals surface area contributed by atoms with Gasteiger partial charge in [-0.3, -0.25) is 4.79 Å². The van der Waals surface area contributed by atoms with E-state index < -0.39 is 0 Å². The molecule has 92 valence electrons. The third kappa shape index (κ3) is 2.74. The van der Waals surface area contributed by atoms with E-state index in [-0.39, 0.29) is 5.91 Å². The number of anilines is 1. The summed E-state index contributed by atoms with van der Waals surface area (Å²) >= 11 is 0. The molecule has 2 rings (SSSR count). The number of aromatic nitrogens is 1. The van der Waals surface area contributed by atoms with Crippen LogP contribution >= 0.6 is 0 Å². The lowest BCUT2D eigenvalue weighted by atomic mass is 10.1. The van der Waals surface area contributed by atoms with Crippen molar-refractivity contribution >= 4 is 11.7 Å². The highest BCUT2D eigenvalue weighted by molar-refractivity contribution is 5.94. The molecule has 1 saturated heterocycles. The minimum Gasteiger partial charge on any atom is -0.384 e. The standard InChI is InChI=1S/C12H17N3O2/c1-17-8-9-4-5-15(7-9)12(16)10-2-3-11(13)14-6-10/h2-3,6,9H,4-5,7-8H2,1H3,(H2,13,14). The summed E-state index contributed by atoms with van der Waals surface area (Å²) in [6.07, 6.45) is 2.53. The number of nitrogen functional groups attached to an aromatic ring is 1. The number of nitrogens with two attached hydrogens (primary N) is 1. The molecule has 5 nitrogen and oxygen atoms in total. The number of likely N-dealkylation sites (tertiary alicyclic amines) is 1. The molecule has 1 aromatic rings. The first-order chi connectivity index (χ1) is 8.20. The van der Waals surface area contributed by atoms with Gasteiger partial charge >= 0.3 is 0 Å². The maximum Gasteiger partial charge on any atom is 0.255 e. The Labute approximate surface area is 101 Å². The van der Waals surface area contributed by atoms with E-state index in [9.17, 15) is 4.79 Å². The molecule has 5 heteroatoms. The van der Waals surface area contributed by atoms with Gasteiger partial charge in [0.15, 0.2) is 0 Å². The summed E-state index contributed by atoms with van der Waals surface area (Å²) in [7, 11) is 1.69. The smallest absolute Gasteiger partial charge is 0.255 e. The van der Waals surface area contributed by atoms with Crippen LogP contribution in [0.15, 0.2) is 18.3 Å². The zero-order valence-electron chi connectivity index (χ0n) is 9.93. The normalized spacial score (nSPS) is 19.6. The Morgan fingerprint density at radius 2 is 2.47 bits per heavy atom. The van der Waals surface area contributed by atoms with Crippen molar-refractivity contribution in [3.8, 4) is 0 Å². The molecule has 2 heterocycles. The third-order valence-corrected chi connectivity index (χ3v) is 3.01. The molecule has 1 atom stereocenters. The first-order valence-corrected chi connectivity index (χ1v) is 5.70. The monoisotopic (exact) mass is 235 g/mol. The molecule has 1 amide bonds. The molecule has 0 radical (unpaired) electrons. The fraction of sp³-hybridized carbons (Fsp3) is 0.500. The fourth-order valence-corrected chi connectivity index (χ4v) is 2.10. The van der Waals surface area contributed by atoms with E-state index in [1.807, 2.05) is 4.90 Å². The quantitative estimate of drug-likeness (QED) is 0.840. The summed E-state index contributed by atoms with van der Waals surface area (Å²) in [5, 5.41) is 0. The second-order valence-corrected chi connectivity index (χ2v) is 4.33. The van der Waals surface area contributed by atoms with Crippen molar-refractivity contribution in [2.75, 3.05) is 32.5 Å². The van der Waals surface area contributed by atoms with Crippen LogP contribution in [0.3, 0.4) is 0 Å². The molecule has 1 unspecified atom stereocenters. The SMILES string of the molecule is COCC1CCN(C(=O)c2ccc(N)nc2)C1. The van der Waals surface area contributed by atoms with Crippen molar-refractivity contribution in [3.63, 3.8) is 0 Å². The highest BCUT2D eigenvalue weighted by atomic mass is 16.5. The molecule has 1 fully saturated rings. The molecule has 0 aliphatic carbocycles. The number of amides is 1. The van der Waals surface area contributed by atoms with Gasteiger partial charge in [-0.2, -0.15) is 0 Å². The largest absolute Gasteiger partial charge is 0.384 e. The Hall–Kier alpha value is -1.62. The number of methoxy groups -OCH3 is 1. The highest BCUT2D eigenvalue weighted by Gasteiger charge is 2.26. The number of rotatable bonds is 3. The molecule has 0 aromatic carbocycles. The van der Waals surface area contributed by atoms with Gasteiger partial charge in [0.25, 0.3) is 5.91 Å². The summed E-state index contributed by atoms with van der Waals surface area (Å²) in [6, 6.07) is 3.37. The fourth-order valence-electron chi connectivity index (χ4n) is 2.10. The molecular formula is C12H17N3O2. The van der Waals surface area contributed by atoms with Crippen LogP contribution in [-0.4, -0.2) is 42.6 Å². The van der Waals surface area contributed by atoms with Crippen LogP contribution in [0.25, 0.3) is 0 Å². The minimum absolute atomic E-state index is 0.0242. The van der Waals surface area contributed by atoms with E-state index in [0.717, 1.165) is 19.5 Å². The molecule has 17 heavy (non-hydrogen) atoms.